The minimum Gasteiger partial charge on any atom is -0.340 e. The summed E-state index contributed by atoms with van der Waals surface area (Å²) in [5.74, 6) is 9.80. The Morgan fingerprint density at radius 2 is 2.00 bits per heavy atom. The summed E-state index contributed by atoms with van der Waals surface area (Å²) < 4.78 is 0. The second-order valence-corrected chi connectivity index (χ2v) is 6.86. The molecule has 13 heavy (non-hydrogen) atoms. The van der Waals surface area contributed by atoms with Gasteiger partial charge in [0, 0.05) is 0 Å². The highest BCUT2D eigenvalue weighted by atomic mass is 32.2. The van der Waals surface area contributed by atoms with Crippen molar-refractivity contribution in [3.8, 4) is 6.07 Å². The van der Waals surface area contributed by atoms with Gasteiger partial charge < -0.3 is 5.32 Å². The van der Waals surface area contributed by atoms with Crippen LogP contribution < -0.4 is 5.32 Å². The fraction of sp³-hybridized carbons (Fsp3) is 0.556. The molecule has 0 bridgehead atoms. The van der Waals surface area contributed by atoms with Gasteiger partial charge in [0.25, 0.3) is 0 Å². The lowest BCUT2D eigenvalue weighted by Crippen LogP contribution is -2.46. The van der Waals surface area contributed by atoms with Crippen molar-refractivity contribution >= 4 is 27.4 Å². The molecule has 1 aliphatic heterocycles. The van der Waals surface area contributed by atoms with Gasteiger partial charge in [0.1, 0.15) is 5.54 Å². The van der Waals surface area contributed by atoms with Gasteiger partial charge in [0.05, 0.1) is 6.07 Å². The Bertz CT molecular complexity index is 323. The first-order valence-electron chi connectivity index (χ1n) is 4.11. The van der Waals surface area contributed by atoms with Crippen LogP contribution in [-0.2, 0) is 4.79 Å². The molecule has 0 radical (unpaired) electrons. The average Bonchev–Trinajstić information content (AvgIpc) is 2.10. The van der Waals surface area contributed by atoms with Crippen LogP contribution in [0.15, 0.2) is 0 Å². The lowest BCUT2D eigenvalue weighted by Gasteiger charge is -2.34. The van der Waals surface area contributed by atoms with Gasteiger partial charge in [-0.05, 0) is 24.3 Å². The van der Waals surface area contributed by atoms with Gasteiger partial charge in [-0.2, -0.15) is 5.26 Å². The average molecular weight is 198 g/mol. The molecule has 0 aromatic heterocycles. The predicted molar refractivity (Wildman–Crippen MR) is 58.3 cm³/mol. The molecule has 3 nitrogen and oxygen atoms in total. The molecular weight excluding hydrogens is 184 g/mol. The smallest absolute Gasteiger partial charge is 0.208 e. The van der Waals surface area contributed by atoms with Crippen LogP contribution in [0, 0.1) is 11.3 Å². The molecule has 1 fully saturated rings. The fourth-order valence-electron chi connectivity index (χ4n) is 1.41. The number of nitrogens with zero attached hydrogens (tertiary/aromatic N) is 1. The van der Waals surface area contributed by atoms with Crippen LogP contribution in [0.4, 0.5) is 0 Å². The topological polar surface area (TPSA) is 52.9 Å². The number of carbonyl (C=O) groups excluding carboxylic acids is 1. The molecule has 1 rings (SSSR count). The minimum absolute atomic E-state index is 0.609. The van der Waals surface area contributed by atoms with Crippen molar-refractivity contribution in [2.24, 2.45) is 0 Å². The van der Waals surface area contributed by atoms with E-state index in [1.165, 1.54) is 0 Å². The Hall–Kier alpha value is -0.950. The van der Waals surface area contributed by atoms with E-state index in [2.05, 4.69) is 23.1 Å². The third-order valence-electron chi connectivity index (χ3n) is 2.47. The third-order valence-corrected chi connectivity index (χ3v) is 4.61. The summed E-state index contributed by atoms with van der Waals surface area (Å²) in [5, 5.41) is 11.5. The second kappa shape index (κ2) is 3.43. The van der Waals surface area contributed by atoms with Gasteiger partial charge in [-0.3, -0.25) is 4.79 Å². The van der Waals surface area contributed by atoms with E-state index < -0.39 is 14.7 Å². The second-order valence-electron chi connectivity index (χ2n) is 3.59. The first kappa shape index (κ1) is 10.1. The number of carbonyl (C=O) groups is 1. The molecule has 0 spiro atoms. The Balaban J connectivity index is 2.75. The largest absolute Gasteiger partial charge is 0.340 e. The lowest BCUT2D eigenvalue weighted by atomic mass is 9.95. The molecule has 1 N–H and O–H groups in total. The maximum Gasteiger partial charge on any atom is 0.208 e. The maximum atomic E-state index is 10.3. The monoisotopic (exact) mass is 198 g/mol. The van der Waals surface area contributed by atoms with E-state index in [1.54, 1.807) is 0 Å². The molecule has 4 heteroatoms. The zero-order valence-electron chi connectivity index (χ0n) is 7.58. The Morgan fingerprint density at radius 3 is 2.38 bits per heavy atom. The van der Waals surface area contributed by atoms with Gasteiger partial charge in [-0.25, -0.2) is 9.21 Å². The quantitative estimate of drug-likeness (QED) is 0.517. The van der Waals surface area contributed by atoms with Gasteiger partial charge in [0.15, 0.2) is 0 Å². The molecule has 1 saturated heterocycles. The van der Waals surface area contributed by atoms with Crippen LogP contribution in [-0.4, -0.2) is 35.2 Å². The minimum atomic E-state index is -0.989. The summed E-state index contributed by atoms with van der Waals surface area (Å²) in [6.07, 6.45) is 1.98. The van der Waals surface area contributed by atoms with E-state index in [0.29, 0.717) is 19.3 Å². The van der Waals surface area contributed by atoms with Crippen molar-refractivity contribution in [1.82, 2.24) is 5.32 Å². The SMILES string of the molecule is C=S1(=C)CCC(C#N)(NC=O)CC1. The molecule has 0 unspecified atom stereocenters. The van der Waals surface area contributed by atoms with Crippen molar-refractivity contribution in [3.05, 3.63) is 0 Å². The zero-order chi connectivity index (χ0) is 9.95. The van der Waals surface area contributed by atoms with Crippen molar-refractivity contribution in [3.63, 3.8) is 0 Å². The molecule has 1 amide bonds. The number of nitriles is 1. The Labute approximate surface area is 79.2 Å². The molecule has 0 aromatic rings. The van der Waals surface area contributed by atoms with Gasteiger partial charge in [0.2, 0.25) is 6.41 Å². The fourth-order valence-corrected chi connectivity index (χ4v) is 3.18. The predicted octanol–water partition coefficient (Wildman–Crippen LogP) is 0.457. The van der Waals surface area contributed by atoms with E-state index in [1.807, 2.05) is 0 Å². The molecule has 0 aromatic carbocycles. The molecular formula is C9H14N2OS. The van der Waals surface area contributed by atoms with Crippen LogP contribution in [0.1, 0.15) is 12.8 Å². The highest BCUT2D eigenvalue weighted by Crippen LogP contribution is 2.34. The van der Waals surface area contributed by atoms with Crippen LogP contribution in [0.2, 0.25) is 0 Å². The number of amides is 1. The van der Waals surface area contributed by atoms with Gasteiger partial charge in [-0.1, -0.05) is 11.7 Å². The first-order chi connectivity index (χ1) is 6.04. The van der Waals surface area contributed by atoms with Crippen molar-refractivity contribution in [2.45, 2.75) is 18.4 Å². The first-order valence-corrected chi connectivity index (χ1v) is 6.42. The van der Waals surface area contributed by atoms with E-state index in [-0.39, 0.29) is 0 Å². The summed E-state index contributed by atoms with van der Waals surface area (Å²) >= 11 is 0. The van der Waals surface area contributed by atoms with Gasteiger partial charge in [-0.15, -0.1) is 0 Å². The number of rotatable bonds is 2. The van der Waals surface area contributed by atoms with Crippen molar-refractivity contribution in [1.29, 1.82) is 5.26 Å². The highest BCUT2D eigenvalue weighted by Gasteiger charge is 2.32. The Kier molecular flexibility index (Phi) is 2.67. The van der Waals surface area contributed by atoms with Gasteiger partial charge >= 0.3 is 0 Å². The Morgan fingerprint density at radius 1 is 1.46 bits per heavy atom. The molecule has 1 heterocycles. The number of nitrogens with one attached hydrogen (secondary N) is 1. The molecule has 1 aliphatic rings. The van der Waals surface area contributed by atoms with Crippen LogP contribution >= 0.6 is 9.21 Å². The highest BCUT2D eigenvalue weighted by molar-refractivity contribution is 8.27. The number of hydrogen-bond acceptors (Lipinski definition) is 2. The maximum absolute atomic E-state index is 10.3. The van der Waals surface area contributed by atoms with E-state index in [4.69, 9.17) is 5.26 Å². The molecule has 72 valence electrons. The number of hydrogen-bond donors (Lipinski definition) is 1. The van der Waals surface area contributed by atoms with Crippen LogP contribution in [0.5, 0.6) is 0 Å². The molecule has 0 aliphatic carbocycles. The third kappa shape index (κ3) is 2.25. The van der Waals surface area contributed by atoms with Crippen LogP contribution in [0.3, 0.4) is 0 Å². The summed E-state index contributed by atoms with van der Waals surface area (Å²) in [4.78, 5) is 10.3. The normalized spacial score (nSPS) is 24.2. The van der Waals surface area contributed by atoms with E-state index in [9.17, 15) is 4.79 Å². The standard InChI is InChI=1S/C9H14N2OS/c1-13(2)5-3-9(7-10,4-6-13)11-8-12/h8H,1-6H2,(H,11,12). The van der Waals surface area contributed by atoms with E-state index in [0.717, 1.165) is 11.5 Å². The van der Waals surface area contributed by atoms with Crippen molar-refractivity contribution < 1.29 is 4.79 Å². The lowest BCUT2D eigenvalue weighted by molar-refractivity contribution is -0.110. The van der Waals surface area contributed by atoms with Crippen molar-refractivity contribution in [2.75, 3.05) is 11.5 Å². The summed E-state index contributed by atoms with van der Waals surface area (Å²) in [6.45, 7) is 0. The summed E-state index contributed by atoms with van der Waals surface area (Å²) in [7, 11) is -0.989. The molecule has 0 atom stereocenters. The van der Waals surface area contributed by atoms with Crippen LogP contribution in [0.25, 0.3) is 0 Å². The summed E-state index contributed by atoms with van der Waals surface area (Å²) in [6, 6.07) is 2.17. The summed E-state index contributed by atoms with van der Waals surface area (Å²) in [5.41, 5.74) is -0.645. The molecule has 0 saturated carbocycles. The zero-order valence-corrected chi connectivity index (χ0v) is 8.40. The van der Waals surface area contributed by atoms with E-state index >= 15 is 0 Å².